The van der Waals surface area contributed by atoms with E-state index < -0.39 is 0 Å². The van der Waals surface area contributed by atoms with E-state index in [1.807, 2.05) is 68.6 Å². The zero-order valence-corrected chi connectivity index (χ0v) is 19.5. The summed E-state index contributed by atoms with van der Waals surface area (Å²) in [4.78, 5) is 32.0. The molecule has 3 rings (SSSR count). The van der Waals surface area contributed by atoms with Crippen LogP contribution in [0.15, 0.2) is 58.8 Å². The van der Waals surface area contributed by atoms with Gasteiger partial charge in [-0.15, -0.1) is 23.1 Å². The van der Waals surface area contributed by atoms with Gasteiger partial charge in [-0.2, -0.15) is 0 Å². The Morgan fingerprint density at radius 2 is 1.87 bits per heavy atom. The molecule has 0 radical (unpaired) electrons. The molecule has 1 N–H and O–H groups in total. The minimum Gasteiger partial charge on any atom is -0.491 e. The van der Waals surface area contributed by atoms with Gasteiger partial charge >= 0.3 is 0 Å². The number of anilines is 1. The molecule has 6 nitrogen and oxygen atoms in total. The van der Waals surface area contributed by atoms with E-state index in [0.717, 1.165) is 26.9 Å². The number of benzene rings is 2. The molecule has 0 spiro atoms. The van der Waals surface area contributed by atoms with Gasteiger partial charge in [0.15, 0.2) is 0 Å². The molecule has 1 aromatic heterocycles. The summed E-state index contributed by atoms with van der Waals surface area (Å²) in [5.74, 6) is 0.240. The van der Waals surface area contributed by atoms with E-state index in [9.17, 15) is 9.59 Å². The van der Waals surface area contributed by atoms with Crippen LogP contribution in [0.25, 0.3) is 10.6 Å². The Balaban J connectivity index is 1.62. The Kier molecular flexibility index (Phi) is 7.70. The summed E-state index contributed by atoms with van der Waals surface area (Å²) in [5, 5.41) is 5.32. The Hall–Kier alpha value is -2.84. The van der Waals surface area contributed by atoms with Gasteiger partial charge in [-0.3, -0.25) is 9.59 Å². The molecule has 0 unspecified atom stereocenters. The van der Waals surface area contributed by atoms with Crippen LogP contribution in [0.4, 0.5) is 5.69 Å². The van der Waals surface area contributed by atoms with Gasteiger partial charge in [0.25, 0.3) is 5.91 Å². The molecule has 2 amide bonds. The molecule has 3 aromatic rings. The highest BCUT2D eigenvalue weighted by Crippen LogP contribution is 2.27. The van der Waals surface area contributed by atoms with Gasteiger partial charge in [0.05, 0.1) is 18.3 Å². The Morgan fingerprint density at radius 1 is 1.16 bits per heavy atom. The second-order valence-electron chi connectivity index (χ2n) is 7.14. The van der Waals surface area contributed by atoms with E-state index in [0.29, 0.717) is 5.69 Å². The number of rotatable bonds is 8. The first kappa shape index (κ1) is 22.8. The molecule has 0 aliphatic heterocycles. The number of aromatic nitrogens is 1. The van der Waals surface area contributed by atoms with Crippen LogP contribution in [-0.4, -0.2) is 47.7 Å². The lowest BCUT2D eigenvalue weighted by molar-refractivity contribution is -0.116. The monoisotopic (exact) mass is 455 g/mol. The molecule has 8 heteroatoms. The van der Waals surface area contributed by atoms with Crippen molar-refractivity contribution in [2.24, 2.45) is 0 Å². The van der Waals surface area contributed by atoms with E-state index in [1.54, 1.807) is 24.2 Å². The van der Waals surface area contributed by atoms with Gasteiger partial charge in [0.1, 0.15) is 16.5 Å². The van der Waals surface area contributed by atoms with Gasteiger partial charge in [0, 0.05) is 22.9 Å². The van der Waals surface area contributed by atoms with Crippen LogP contribution in [0.3, 0.4) is 0 Å². The standard InChI is InChI=1S/C23H25N3O3S2/c1-15(2)29-17-11-9-16(10-12-17)22-25-19(14-31-22)23(28)26(3)13-21(27)24-18-7-5-6-8-20(18)30-4/h5-12,14-15H,13H2,1-4H3,(H,24,27). The van der Waals surface area contributed by atoms with Crippen molar-refractivity contribution in [3.05, 3.63) is 59.6 Å². The van der Waals surface area contributed by atoms with Crippen LogP contribution in [0.1, 0.15) is 24.3 Å². The quantitative estimate of drug-likeness (QED) is 0.483. The number of nitrogens with zero attached hydrogens (tertiary/aromatic N) is 2. The van der Waals surface area contributed by atoms with Crippen molar-refractivity contribution in [1.82, 2.24) is 9.88 Å². The number of hydrogen-bond acceptors (Lipinski definition) is 6. The van der Waals surface area contributed by atoms with Crippen LogP contribution >= 0.6 is 23.1 Å². The number of amides is 2. The minimum absolute atomic E-state index is 0.0599. The van der Waals surface area contributed by atoms with Crippen LogP contribution in [-0.2, 0) is 4.79 Å². The third-order valence-corrected chi connectivity index (χ3v) is 5.99. The molecular formula is C23H25N3O3S2. The predicted octanol–water partition coefficient (Wildman–Crippen LogP) is 5.03. The van der Waals surface area contributed by atoms with Crippen molar-refractivity contribution in [2.45, 2.75) is 24.8 Å². The molecule has 162 valence electrons. The molecule has 0 bridgehead atoms. The molecule has 0 saturated carbocycles. The molecule has 1 heterocycles. The Labute approximate surface area is 190 Å². The summed E-state index contributed by atoms with van der Waals surface area (Å²) in [6.45, 7) is 3.89. The maximum Gasteiger partial charge on any atom is 0.273 e. The second-order valence-corrected chi connectivity index (χ2v) is 8.84. The summed E-state index contributed by atoms with van der Waals surface area (Å²) in [6, 6.07) is 15.2. The highest BCUT2D eigenvalue weighted by atomic mass is 32.2. The van der Waals surface area contributed by atoms with Crippen LogP contribution in [0.5, 0.6) is 5.75 Å². The molecule has 0 aliphatic rings. The minimum atomic E-state index is -0.296. The molecule has 0 fully saturated rings. The third kappa shape index (κ3) is 6.08. The summed E-state index contributed by atoms with van der Waals surface area (Å²) in [7, 11) is 1.60. The SMILES string of the molecule is CSc1ccccc1NC(=O)CN(C)C(=O)c1csc(-c2ccc(OC(C)C)cc2)n1. The van der Waals surface area contributed by atoms with Crippen molar-refractivity contribution in [1.29, 1.82) is 0 Å². The Bertz CT molecular complexity index is 1050. The van der Waals surface area contributed by atoms with Gasteiger partial charge in [0.2, 0.25) is 5.91 Å². The molecule has 31 heavy (non-hydrogen) atoms. The van der Waals surface area contributed by atoms with Crippen LogP contribution < -0.4 is 10.1 Å². The molecule has 0 saturated heterocycles. The van der Waals surface area contributed by atoms with Crippen molar-refractivity contribution >= 4 is 40.6 Å². The number of hydrogen-bond donors (Lipinski definition) is 1. The maximum absolute atomic E-state index is 12.7. The van der Waals surface area contributed by atoms with Gasteiger partial charge in [-0.1, -0.05) is 12.1 Å². The first-order valence-corrected chi connectivity index (χ1v) is 11.9. The highest BCUT2D eigenvalue weighted by molar-refractivity contribution is 7.98. The number of para-hydroxylation sites is 1. The number of nitrogens with one attached hydrogen (secondary N) is 1. The fourth-order valence-corrected chi connectivity index (χ4v) is 4.23. The van der Waals surface area contributed by atoms with Gasteiger partial charge < -0.3 is 15.0 Å². The van der Waals surface area contributed by atoms with E-state index in [1.165, 1.54) is 16.2 Å². The van der Waals surface area contributed by atoms with E-state index in [-0.39, 0.29) is 24.5 Å². The molecule has 0 atom stereocenters. The highest BCUT2D eigenvalue weighted by Gasteiger charge is 2.19. The summed E-state index contributed by atoms with van der Waals surface area (Å²) < 4.78 is 5.66. The van der Waals surface area contributed by atoms with Crippen LogP contribution in [0, 0.1) is 0 Å². The van der Waals surface area contributed by atoms with Crippen molar-refractivity contribution in [3.8, 4) is 16.3 Å². The van der Waals surface area contributed by atoms with Crippen molar-refractivity contribution in [2.75, 3.05) is 25.2 Å². The smallest absolute Gasteiger partial charge is 0.273 e. The first-order valence-electron chi connectivity index (χ1n) is 9.78. The average Bonchev–Trinajstić information content (AvgIpc) is 3.23. The third-order valence-electron chi connectivity index (χ3n) is 4.30. The zero-order chi connectivity index (χ0) is 22.4. The van der Waals surface area contributed by atoms with E-state index in [2.05, 4.69) is 10.3 Å². The largest absolute Gasteiger partial charge is 0.491 e. The van der Waals surface area contributed by atoms with Crippen molar-refractivity contribution in [3.63, 3.8) is 0 Å². The fourth-order valence-electron chi connectivity index (χ4n) is 2.87. The normalized spacial score (nSPS) is 10.7. The first-order chi connectivity index (χ1) is 14.9. The number of carbonyl (C=O) groups excluding carboxylic acids is 2. The average molecular weight is 456 g/mol. The number of thiazole rings is 1. The second kappa shape index (κ2) is 10.5. The lowest BCUT2D eigenvalue weighted by Crippen LogP contribution is -2.35. The fraction of sp³-hybridized carbons (Fsp3) is 0.261. The number of ether oxygens (including phenoxy) is 1. The van der Waals surface area contributed by atoms with Gasteiger partial charge in [-0.25, -0.2) is 4.98 Å². The maximum atomic E-state index is 12.7. The zero-order valence-electron chi connectivity index (χ0n) is 17.9. The van der Waals surface area contributed by atoms with Crippen LogP contribution in [0.2, 0.25) is 0 Å². The van der Waals surface area contributed by atoms with Gasteiger partial charge in [-0.05, 0) is 56.5 Å². The topological polar surface area (TPSA) is 71.5 Å². The molecule has 0 aliphatic carbocycles. The lowest BCUT2D eigenvalue weighted by Gasteiger charge is -2.16. The summed E-state index contributed by atoms with van der Waals surface area (Å²) in [5.41, 5.74) is 1.97. The summed E-state index contributed by atoms with van der Waals surface area (Å²) in [6.07, 6.45) is 2.06. The number of carbonyl (C=O) groups is 2. The summed E-state index contributed by atoms with van der Waals surface area (Å²) >= 11 is 2.94. The van der Waals surface area contributed by atoms with E-state index in [4.69, 9.17) is 4.74 Å². The number of likely N-dealkylation sites (N-methyl/N-ethyl adjacent to an activating group) is 1. The van der Waals surface area contributed by atoms with E-state index >= 15 is 0 Å². The van der Waals surface area contributed by atoms with Crippen molar-refractivity contribution < 1.29 is 14.3 Å². The Morgan fingerprint density at radius 3 is 2.55 bits per heavy atom. The molecular weight excluding hydrogens is 430 g/mol. The number of thioether (sulfide) groups is 1. The molecule has 2 aromatic carbocycles. The lowest BCUT2D eigenvalue weighted by atomic mass is 10.2. The predicted molar refractivity (Wildman–Crippen MR) is 127 cm³/mol.